The summed E-state index contributed by atoms with van der Waals surface area (Å²) in [6, 6.07) is 22.2. The molecule has 7 rings (SSSR count). The number of aromatic hydroxyl groups is 1. The number of phenols is 1. The van der Waals surface area contributed by atoms with Gasteiger partial charge in [-0.25, -0.2) is 9.97 Å². The van der Waals surface area contributed by atoms with Crippen molar-refractivity contribution in [1.29, 1.82) is 0 Å². The van der Waals surface area contributed by atoms with Gasteiger partial charge in [0.05, 0.1) is 0 Å². The molecule has 0 unspecified atom stereocenters. The van der Waals surface area contributed by atoms with Gasteiger partial charge in [0.25, 0.3) is 0 Å². The quantitative estimate of drug-likeness (QED) is 0.185. The molecular formula is C35H32N3O2Pt-. The Hall–Kier alpha value is -3.69. The molecule has 210 valence electrons. The minimum Gasteiger partial charge on any atom is -0.505 e. The molecule has 0 atom stereocenters. The van der Waals surface area contributed by atoms with Crippen LogP contribution < -0.4 is 4.74 Å². The molecule has 0 amide bonds. The first-order valence-corrected chi connectivity index (χ1v) is 14.0. The maximum absolute atomic E-state index is 10.9. The maximum atomic E-state index is 10.9. The van der Waals surface area contributed by atoms with E-state index in [1.54, 1.807) is 0 Å². The van der Waals surface area contributed by atoms with Gasteiger partial charge in [0.1, 0.15) is 17.1 Å². The van der Waals surface area contributed by atoms with Crippen LogP contribution in [0.25, 0.3) is 38.5 Å². The Morgan fingerprint density at radius 3 is 2.32 bits per heavy atom. The summed E-state index contributed by atoms with van der Waals surface area (Å²) in [5.74, 6) is 2.65. The van der Waals surface area contributed by atoms with Gasteiger partial charge in [-0.2, -0.15) is 6.07 Å². The SMILES string of the molecule is Cc1ccc(C)c(-n2c3[c-]c(Oc4ccc5c(C6CCC6)cc(C)c(O)c5n4)ccc3c3c(C)ccc(C)c32)n1.[Pt]. The van der Waals surface area contributed by atoms with E-state index in [2.05, 4.69) is 61.7 Å². The van der Waals surface area contributed by atoms with Gasteiger partial charge < -0.3 is 14.4 Å². The minimum absolute atomic E-state index is 0. The molecule has 0 bridgehead atoms. The van der Waals surface area contributed by atoms with Gasteiger partial charge in [-0.3, -0.25) is 0 Å². The van der Waals surface area contributed by atoms with E-state index in [4.69, 9.17) is 14.7 Å². The Morgan fingerprint density at radius 1 is 0.829 bits per heavy atom. The largest absolute Gasteiger partial charge is 0.505 e. The second-order valence-corrected chi connectivity index (χ2v) is 11.3. The van der Waals surface area contributed by atoms with Crippen LogP contribution in [-0.2, 0) is 21.1 Å². The average Bonchev–Trinajstić information content (AvgIpc) is 3.25. The second-order valence-electron chi connectivity index (χ2n) is 11.3. The summed E-state index contributed by atoms with van der Waals surface area (Å²) in [7, 11) is 0. The van der Waals surface area contributed by atoms with Crippen molar-refractivity contribution in [2.75, 3.05) is 0 Å². The van der Waals surface area contributed by atoms with Gasteiger partial charge in [0, 0.05) is 49.5 Å². The van der Waals surface area contributed by atoms with E-state index in [0.29, 0.717) is 23.1 Å². The predicted molar refractivity (Wildman–Crippen MR) is 161 cm³/mol. The average molecular weight is 722 g/mol. The first-order valence-electron chi connectivity index (χ1n) is 14.0. The van der Waals surface area contributed by atoms with Crippen LogP contribution in [0.4, 0.5) is 0 Å². The summed E-state index contributed by atoms with van der Waals surface area (Å²) in [4.78, 5) is 9.73. The normalized spacial score (nSPS) is 13.5. The third-order valence-corrected chi connectivity index (χ3v) is 8.53. The van der Waals surface area contributed by atoms with Crippen molar-refractivity contribution in [2.24, 2.45) is 0 Å². The van der Waals surface area contributed by atoms with Crippen molar-refractivity contribution in [2.45, 2.75) is 59.8 Å². The Morgan fingerprint density at radius 2 is 1.56 bits per heavy atom. The molecule has 0 saturated heterocycles. The smallest absolute Gasteiger partial charge is 0.217 e. The van der Waals surface area contributed by atoms with E-state index in [0.717, 1.165) is 44.4 Å². The Bertz CT molecular complexity index is 1990. The molecule has 0 aliphatic heterocycles. The number of rotatable bonds is 4. The first-order chi connectivity index (χ1) is 19.3. The van der Waals surface area contributed by atoms with Crippen LogP contribution in [0.1, 0.15) is 58.7 Å². The van der Waals surface area contributed by atoms with E-state index < -0.39 is 0 Å². The predicted octanol–water partition coefficient (Wildman–Crippen LogP) is 8.83. The maximum Gasteiger partial charge on any atom is 0.217 e. The van der Waals surface area contributed by atoms with Crippen LogP contribution in [0.2, 0.25) is 0 Å². The molecule has 3 aromatic heterocycles. The molecule has 1 aliphatic carbocycles. The fourth-order valence-electron chi connectivity index (χ4n) is 6.14. The van der Waals surface area contributed by atoms with Gasteiger partial charge in [-0.15, -0.1) is 17.5 Å². The molecule has 0 spiro atoms. The van der Waals surface area contributed by atoms with Crippen molar-refractivity contribution in [3.8, 4) is 23.2 Å². The molecule has 6 heteroatoms. The number of aromatic nitrogens is 3. The molecule has 3 aromatic carbocycles. The van der Waals surface area contributed by atoms with Gasteiger partial charge >= 0.3 is 0 Å². The third kappa shape index (κ3) is 4.42. The molecule has 1 fully saturated rings. The van der Waals surface area contributed by atoms with Crippen molar-refractivity contribution >= 4 is 32.7 Å². The van der Waals surface area contributed by atoms with Gasteiger partial charge in [0.2, 0.25) is 5.88 Å². The van der Waals surface area contributed by atoms with Crippen LogP contribution in [-0.4, -0.2) is 19.6 Å². The number of phenolic OH excluding ortho intramolecular Hbond substituents is 1. The first kappa shape index (κ1) is 27.5. The summed E-state index contributed by atoms with van der Waals surface area (Å²) in [6.45, 7) is 10.4. The topological polar surface area (TPSA) is 60.2 Å². The van der Waals surface area contributed by atoms with E-state index >= 15 is 0 Å². The number of hydrogen-bond acceptors (Lipinski definition) is 4. The number of pyridine rings is 2. The number of fused-ring (bicyclic) bond motifs is 4. The van der Waals surface area contributed by atoms with Crippen molar-refractivity contribution < 1.29 is 30.9 Å². The summed E-state index contributed by atoms with van der Waals surface area (Å²) < 4.78 is 8.54. The van der Waals surface area contributed by atoms with Crippen LogP contribution in [0.3, 0.4) is 0 Å². The molecule has 1 saturated carbocycles. The standard InChI is InChI=1S/C35H32N3O2.Pt/c1-19-9-10-20(2)33-31(19)27-14-13-25(18-29(27)38(33)35-21(3)11-12-23(5)36-35)40-30-16-15-26-28(24-7-6-8-24)17-22(4)34(39)32(26)37-30;/h9-17,24,39H,6-8H2,1-5H3;/q-1;. The van der Waals surface area contributed by atoms with E-state index in [-0.39, 0.29) is 26.8 Å². The molecule has 41 heavy (non-hydrogen) atoms. The summed E-state index contributed by atoms with van der Waals surface area (Å²) in [5.41, 5.74) is 9.22. The Balaban J connectivity index is 0.00000302. The molecule has 0 radical (unpaired) electrons. The monoisotopic (exact) mass is 721 g/mol. The number of hydrogen-bond donors (Lipinski definition) is 1. The van der Waals surface area contributed by atoms with Crippen LogP contribution in [0.15, 0.2) is 54.6 Å². The zero-order valence-electron chi connectivity index (χ0n) is 23.9. The van der Waals surface area contributed by atoms with E-state index in [1.807, 2.05) is 38.1 Å². The number of benzene rings is 3. The Labute approximate surface area is 254 Å². The van der Waals surface area contributed by atoms with E-state index in [9.17, 15) is 5.11 Å². The number of ether oxygens (including phenoxy) is 1. The van der Waals surface area contributed by atoms with Gasteiger partial charge in [-0.05, 0) is 93.2 Å². The fraction of sp³-hybridized carbons (Fsp3) is 0.257. The molecular weight excluding hydrogens is 689 g/mol. The van der Waals surface area contributed by atoms with Crippen LogP contribution in [0, 0.1) is 40.7 Å². The Kier molecular flexibility index (Phi) is 6.90. The molecule has 6 aromatic rings. The van der Waals surface area contributed by atoms with Crippen LogP contribution in [0.5, 0.6) is 17.4 Å². The van der Waals surface area contributed by atoms with E-state index in [1.165, 1.54) is 41.3 Å². The van der Waals surface area contributed by atoms with Gasteiger partial charge in [0.15, 0.2) is 0 Å². The van der Waals surface area contributed by atoms with Crippen molar-refractivity contribution in [3.63, 3.8) is 0 Å². The number of aryl methyl sites for hydroxylation is 5. The third-order valence-electron chi connectivity index (χ3n) is 8.53. The zero-order chi connectivity index (χ0) is 27.7. The summed E-state index contributed by atoms with van der Waals surface area (Å²) >= 11 is 0. The number of nitrogens with zero attached hydrogens (tertiary/aromatic N) is 3. The summed E-state index contributed by atoms with van der Waals surface area (Å²) in [5, 5.41) is 14.2. The second kappa shape index (κ2) is 10.3. The molecule has 1 aliphatic rings. The molecule has 1 N–H and O–H groups in total. The fourth-order valence-corrected chi connectivity index (χ4v) is 6.14. The summed E-state index contributed by atoms with van der Waals surface area (Å²) in [6.07, 6.45) is 3.63. The minimum atomic E-state index is 0. The van der Waals surface area contributed by atoms with Crippen molar-refractivity contribution in [1.82, 2.24) is 14.5 Å². The van der Waals surface area contributed by atoms with Crippen molar-refractivity contribution in [3.05, 3.63) is 94.2 Å². The zero-order valence-corrected chi connectivity index (χ0v) is 26.2. The van der Waals surface area contributed by atoms with Gasteiger partial charge in [-0.1, -0.05) is 41.8 Å². The van der Waals surface area contributed by atoms with Crippen LogP contribution >= 0.6 is 0 Å². The molecule has 3 heterocycles. The molecule has 5 nitrogen and oxygen atoms in total.